The molecule has 1 unspecified atom stereocenters. The zero-order chi connectivity index (χ0) is 11.7. The van der Waals surface area contributed by atoms with Gasteiger partial charge in [-0.15, -0.1) is 0 Å². The molecule has 0 radical (unpaired) electrons. The van der Waals surface area contributed by atoms with Crippen molar-refractivity contribution in [2.75, 3.05) is 6.61 Å². The molecule has 16 heavy (non-hydrogen) atoms. The topological polar surface area (TPSA) is 43.4 Å². The van der Waals surface area contributed by atoms with Gasteiger partial charge in [0.15, 0.2) is 5.78 Å². The molecule has 1 atom stereocenters. The molecule has 0 heterocycles. The van der Waals surface area contributed by atoms with Crippen LogP contribution in [0, 0.1) is 11.7 Å². The van der Waals surface area contributed by atoms with Crippen LogP contribution in [0.1, 0.15) is 22.8 Å². The van der Waals surface area contributed by atoms with Crippen molar-refractivity contribution in [3.8, 4) is 0 Å². The lowest BCUT2D eigenvalue weighted by Gasteiger charge is -2.05. The van der Waals surface area contributed by atoms with E-state index in [0.717, 1.165) is 0 Å². The maximum absolute atomic E-state index is 12.9. The molecule has 2 rings (SSSR count). The molecule has 1 aliphatic rings. The standard InChI is InChI=1S/C12H11FO3/c1-2-16-12(15)10-6-7-5-8(13)3-4-9(7)11(10)14/h3-5,10H,2,6H2,1H3. The Morgan fingerprint density at radius 1 is 1.56 bits per heavy atom. The minimum atomic E-state index is -0.795. The lowest BCUT2D eigenvalue weighted by atomic mass is 10.1. The van der Waals surface area contributed by atoms with E-state index in [1.165, 1.54) is 18.2 Å². The van der Waals surface area contributed by atoms with E-state index in [4.69, 9.17) is 4.74 Å². The number of hydrogen-bond acceptors (Lipinski definition) is 3. The maximum atomic E-state index is 12.9. The first-order valence-corrected chi connectivity index (χ1v) is 5.12. The van der Waals surface area contributed by atoms with Crippen LogP contribution in [-0.2, 0) is 16.0 Å². The van der Waals surface area contributed by atoms with Gasteiger partial charge < -0.3 is 4.74 Å². The maximum Gasteiger partial charge on any atom is 0.317 e. The van der Waals surface area contributed by atoms with Gasteiger partial charge in [-0.1, -0.05) is 0 Å². The lowest BCUT2D eigenvalue weighted by Crippen LogP contribution is -2.23. The van der Waals surface area contributed by atoms with E-state index >= 15 is 0 Å². The van der Waals surface area contributed by atoms with Gasteiger partial charge in [0.25, 0.3) is 0 Å². The summed E-state index contributed by atoms with van der Waals surface area (Å²) in [6, 6.07) is 3.95. The number of fused-ring (bicyclic) bond motifs is 1. The summed E-state index contributed by atoms with van der Waals surface area (Å²) in [5.74, 6) is -1.98. The Morgan fingerprint density at radius 3 is 3.00 bits per heavy atom. The number of benzene rings is 1. The minimum absolute atomic E-state index is 0.241. The van der Waals surface area contributed by atoms with Crippen LogP contribution in [-0.4, -0.2) is 18.4 Å². The van der Waals surface area contributed by atoms with Crippen molar-refractivity contribution in [3.05, 3.63) is 35.1 Å². The second-order valence-electron chi connectivity index (χ2n) is 3.67. The van der Waals surface area contributed by atoms with E-state index in [1.807, 2.05) is 0 Å². The van der Waals surface area contributed by atoms with E-state index < -0.39 is 17.7 Å². The Balaban J connectivity index is 2.27. The summed E-state index contributed by atoms with van der Waals surface area (Å²) in [5, 5.41) is 0. The van der Waals surface area contributed by atoms with Crippen LogP contribution >= 0.6 is 0 Å². The van der Waals surface area contributed by atoms with Gasteiger partial charge in [-0.3, -0.25) is 9.59 Å². The highest BCUT2D eigenvalue weighted by Crippen LogP contribution is 2.28. The molecule has 0 bridgehead atoms. The van der Waals surface area contributed by atoms with E-state index in [-0.39, 0.29) is 18.8 Å². The Morgan fingerprint density at radius 2 is 2.31 bits per heavy atom. The van der Waals surface area contributed by atoms with Crippen LogP contribution in [0.3, 0.4) is 0 Å². The van der Waals surface area contributed by atoms with Gasteiger partial charge >= 0.3 is 5.97 Å². The number of ketones is 1. The third kappa shape index (κ3) is 1.71. The summed E-state index contributed by atoms with van der Waals surface area (Å²) in [5.41, 5.74) is 1.02. The number of Topliss-reactive ketones (excluding diaryl/α,β-unsaturated/α-hetero) is 1. The fourth-order valence-electron chi connectivity index (χ4n) is 1.91. The van der Waals surface area contributed by atoms with Crippen molar-refractivity contribution < 1.29 is 18.7 Å². The van der Waals surface area contributed by atoms with Gasteiger partial charge in [-0.25, -0.2) is 4.39 Å². The van der Waals surface area contributed by atoms with Gasteiger partial charge in [0.2, 0.25) is 0 Å². The van der Waals surface area contributed by atoms with Crippen molar-refractivity contribution in [3.63, 3.8) is 0 Å². The SMILES string of the molecule is CCOC(=O)C1Cc2cc(F)ccc2C1=O. The molecular formula is C12H11FO3. The normalized spacial score (nSPS) is 18.4. The molecule has 0 spiro atoms. The molecule has 1 aromatic carbocycles. The summed E-state index contributed by atoms with van der Waals surface area (Å²) in [6.45, 7) is 1.93. The summed E-state index contributed by atoms with van der Waals surface area (Å²) >= 11 is 0. The molecule has 4 heteroatoms. The quantitative estimate of drug-likeness (QED) is 0.565. The fraction of sp³-hybridized carbons (Fsp3) is 0.333. The van der Waals surface area contributed by atoms with Gasteiger partial charge in [0.1, 0.15) is 11.7 Å². The smallest absolute Gasteiger partial charge is 0.317 e. The zero-order valence-corrected chi connectivity index (χ0v) is 8.83. The monoisotopic (exact) mass is 222 g/mol. The van der Waals surface area contributed by atoms with Crippen LogP contribution in [0.15, 0.2) is 18.2 Å². The number of rotatable bonds is 2. The molecule has 0 saturated carbocycles. The van der Waals surface area contributed by atoms with Crippen LogP contribution in [0.2, 0.25) is 0 Å². The molecule has 1 aromatic rings. The number of hydrogen-bond donors (Lipinski definition) is 0. The zero-order valence-electron chi connectivity index (χ0n) is 8.83. The van der Waals surface area contributed by atoms with E-state index in [2.05, 4.69) is 0 Å². The largest absolute Gasteiger partial charge is 0.465 e. The van der Waals surface area contributed by atoms with Crippen molar-refractivity contribution in [1.29, 1.82) is 0 Å². The molecule has 0 saturated heterocycles. The molecule has 3 nitrogen and oxygen atoms in total. The van der Waals surface area contributed by atoms with Gasteiger partial charge in [0, 0.05) is 5.56 Å². The molecule has 0 amide bonds. The van der Waals surface area contributed by atoms with Crippen LogP contribution in [0.5, 0.6) is 0 Å². The van der Waals surface area contributed by atoms with Gasteiger partial charge in [-0.2, -0.15) is 0 Å². The van der Waals surface area contributed by atoms with Crippen molar-refractivity contribution in [1.82, 2.24) is 0 Å². The predicted molar refractivity (Wildman–Crippen MR) is 54.6 cm³/mol. The van der Waals surface area contributed by atoms with E-state index in [0.29, 0.717) is 11.1 Å². The Kier molecular flexibility index (Phi) is 2.73. The lowest BCUT2D eigenvalue weighted by molar-refractivity contribution is -0.145. The second kappa shape index (κ2) is 4.04. The average molecular weight is 222 g/mol. The number of halogens is 1. The predicted octanol–water partition coefficient (Wildman–Crippen LogP) is 1.74. The molecular weight excluding hydrogens is 211 g/mol. The number of ether oxygens (including phenoxy) is 1. The third-order valence-electron chi connectivity index (χ3n) is 2.64. The van der Waals surface area contributed by atoms with Crippen LogP contribution in [0.4, 0.5) is 4.39 Å². The number of carbonyl (C=O) groups is 2. The molecule has 0 aliphatic heterocycles. The highest BCUT2D eigenvalue weighted by atomic mass is 19.1. The Bertz CT molecular complexity index is 454. The molecule has 0 fully saturated rings. The Labute approximate surface area is 92.2 Å². The fourth-order valence-corrected chi connectivity index (χ4v) is 1.91. The molecule has 0 N–H and O–H groups in total. The van der Waals surface area contributed by atoms with Gasteiger partial charge in [0.05, 0.1) is 6.61 Å². The molecule has 1 aliphatic carbocycles. The van der Waals surface area contributed by atoms with Crippen molar-refractivity contribution in [2.24, 2.45) is 5.92 Å². The summed E-state index contributed by atoms with van der Waals surface area (Å²) in [6.07, 6.45) is 0.241. The third-order valence-corrected chi connectivity index (χ3v) is 2.64. The van der Waals surface area contributed by atoms with Gasteiger partial charge in [-0.05, 0) is 37.1 Å². The van der Waals surface area contributed by atoms with Crippen LogP contribution < -0.4 is 0 Å². The first-order chi connectivity index (χ1) is 7.63. The highest BCUT2D eigenvalue weighted by Gasteiger charge is 2.36. The summed E-state index contributed by atoms with van der Waals surface area (Å²) in [7, 11) is 0. The molecule has 84 valence electrons. The first-order valence-electron chi connectivity index (χ1n) is 5.12. The first kappa shape index (κ1) is 10.8. The number of esters is 1. The van der Waals surface area contributed by atoms with Crippen molar-refractivity contribution >= 4 is 11.8 Å². The van der Waals surface area contributed by atoms with Crippen molar-refractivity contribution in [2.45, 2.75) is 13.3 Å². The average Bonchev–Trinajstić information content (AvgIpc) is 2.56. The molecule has 0 aromatic heterocycles. The van der Waals surface area contributed by atoms with E-state index in [1.54, 1.807) is 6.92 Å². The summed E-state index contributed by atoms with van der Waals surface area (Å²) in [4.78, 5) is 23.3. The van der Waals surface area contributed by atoms with Crippen LogP contribution in [0.25, 0.3) is 0 Å². The van der Waals surface area contributed by atoms with E-state index in [9.17, 15) is 14.0 Å². The Hall–Kier alpha value is -1.71. The number of carbonyl (C=O) groups excluding carboxylic acids is 2. The minimum Gasteiger partial charge on any atom is -0.465 e. The highest BCUT2D eigenvalue weighted by molar-refractivity contribution is 6.12. The second-order valence-corrected chi connectivity index (χ2v) is 3.67. The summed E-state index contributed by atoms with van der Waals surface area (Å²) < 4.78 is 17.7.